The summed E-state index contributed by atoms with van der Waals surface area (Å²) >= 11 is 0. The first-order valence-corrected chi connectivity index (χ1v) is 4.60. The third-order valence-corrected chi connectivity index (χ3v) is 1.98. The van der Waals surface area contributed by atoms with Crippen molar-refractivity contribution < 1.29 is 27.9 Å². The summed E-state index contributed by atoms with van der Waals surface area (Å²) in [4.78, 5) is 6.78. The summed E-state index contributed by atoms with van der Waals surface area (Å²) in [6.45, 7) is 0. The Kier molecular flexibility index (Phi) is 3.01. The molecule has 0 aliphatic heterocycles. The number of pyridine rings is 1. The summed E-state index contributed by atoms with van der Waals surface area (Å²) < 4.78 is 40.7. The number of halogens is 3. The minimum atomic E-state index is -4.73. The number of aromatic nitrogens is 3. The molecule has 0 radical (unpaired) electrons. The lowest BCUT2D eigenvalue weighted by molar-refractivity contribution is -0.159. The highest BCUT2D eigenvalue weighted by Gasteiger charge is 2.38. The molecule has 2 aromatic rings. The van der Waals surface area contributed by atoms with Gasteiger partial charge in [0.2, 0.25) is 5.82 Å². The molecule has 0 saturated heterocycles. The fraction of sp³-hybridized carbons (Fsp3) is 0.222. The fourth-order valence-electron chi connectivity index (χ4n) is 1.18. The highest BCUT2D eigenvalue weighted by molar-refractivity contribution is 5.53. The van der Waals surface area contributed by atoms with Crippen molar-refractivity contribution in [3.63, 3.8) is 0 Å². The molecule has 2 N–H and O–H groups in total. The van der Waals surface area contributed by atoms with Gasteiger partial charge >= 0.3 is 12.1 Å². The van der Waals surface area contributed by atoms with Gasteiger partial charge in [-0.1, -0.05) is 5.16 Å². The molecule has 18 heavy (non-hydrogen) atoms. The first kappa shape index (κ1) is 12.5. The van der Waals surface area contributed by atoms with Gasteiger partial charge in [0, 0.05) is 23.5 Å². The summed E-state index contributed by atoms with van der Waals surface area (Å²) in [5.74, 6) is -1.82. The lowest BCUT2D eigenvalue weighted by atomic mass is 10.2. The largest absolute Gasteiger partial charge is 0.471 e. The topological polar surface area (TPSA) is 92.3 Å². The highest BCUT2D eigenvalue weighted by atomic mass is 19.4. The number of aliphatic hydroxyl groups is 2. The van der Waals surface area contributed by atoms with Crippen LogP contribution in [0.15, 0.2) is 23.0 Å². The van der Waals surface area contributed by atoms with Gasteiger partial charge in [0.25, 0.3) is 0 Å². The van der Waals surface area contributed by atoms with Crippen LogP contribution >= 0.6 is 0 Å². The highest BCUT2D eigenvalue weighted by Crippen LogP contribution is 2.29. The maximum Gasteiger partial charge on any atom is 0.471 e. The zero-order valence-corrected chi connectivity index (χ0v) is 8.59. The number of rotatable bonds is 2. The summed E-state index contributed by atoms with van der Waals surface area (Å²) in [5, 5.41) is 20.9. The van der Waals surface area contributed by atoms with Crippen molar-refractivity contribution in [1.82, 2.24) is 15.1 Å². The maximum atomic E-state index is 12.2. The van der Waals surface area contributed by atoms with Crippen LogP contribution in [0.25, 0.3) is 11.4 Å². The molecule has 0 atom stereocenters. The van der Waals surface area contributed by atoms with Gasteiger partial charge in [-0.25, -0.2) is 0 Å². The molecule has 6 nitrogen and oxygen atoms in total. The number of nitrogens with zero attached hydrogens (tertiary/aromatic N) is 3. The van der Waals surface area contributed by atoms with Crippen molar-refractivity contribution in [3.8, 4) is 11.4 Å². The predicted octanol–water partition coefficient (Wildman–Crippen LogP) is 1.13. The minimum absolute atomic E-state index is 0.00542. The molecule has 2 heterocycles. The molecule has 0 aromatic carbocycles. The Labute approximate surface area is 97.7 Å². The molecule has 0 aliphatic rings. The molecule has 0 saturated carbocycles. The van der Waals surface area contributed by atoms with Crippen molar-refractivity contribution in [2.24, 2.45) is 0 Å². The SMILES string of the molecule is OC(O)c1cncc(-c2noc(C(F)(F)F)n2)c1. The van der Waals surface area contributed by atoms with Crippen LogP contribution in [-0.4, -0.2) is 25.3 Å². The Bertz CT molecular complexity index is 553. The summed E-state index contributed by atoms with van der Waals surface area (Å²) in [7, 11) is 0. The maximum absolute atomic E-state index is 12.2. The van der Waals surface area contributed by atoms with Crippen LogP contribution in [0, 0.1) is 0 Å². The van der Waals surface area contributed by atoms with E-state index < -0.39 is 18.4 Å². The van der Waals surface area contributed by atoms with E-state index in [2.05, 4.69) is 19.6 Å². The van der Waals surface area contributed by atoms with Crippen molar-refractivity contribution in [2.75, 3.05) is 0 Å². The second kappa shape index (κ2) is 4.35. The fourth-order valence-corrected chi connectivity index (χ4v) is 1.18. The van der Waals surface area contributed by atoms with E-state index >= 15 is 0 Å². The van der Waals surface area contributed by atoms with Crippen LogP contribution in [0.5, 0.6) is 0 Å². The quantitative estimate of drug-likeness (QED) is 0.787. The lowest BCUT2D eigenvalue weighted by Crippen LogP contribution is -2.04. The Hall–Kier alpha value is -2.00. The van der Waals surface area contributed by atoms with Crippen molar-refractivity contribution in [2.45, 2.75) is 12.5 Å². The average molecular weight is 261 g/mol. The van der Waals surface area contributed by atoms with Gasteiger partial charge in [-0.3, -0.25) is 4.98 Å². The smallest absolute Gasteiger partial charge is 0.364 e. The molecule has 0 fully saturated rings. The average Bonchev–Trinajstić information content (AvgIpc) is 2.78. The predicted molar refractivity (Wildman–Crippen MR) is 49.7 cm³/mol. The Morgan fingerprint density at radius 1 is 1.22 bits per heavy atom. The standard InChI is InChI=1S/C9H6F3N3O3/c10-9(11,12)8-14-6(15-18-8)4-1-5(7(16)17)3-13-2-4/h1-3,7,16-17H. The second-order valence-corrected chi connectivity index (χ2v) is 3.30. The van der Waals surface area contributed by atoms with E-state index in [1.54, 1.807) is 0 Å². The summed E-state index contributed by atoms with van der Waals surface area (Å²) in [6, 6.07) is 1.20. The molecule has 0 amide bonds. The Morgan fingerprint density at radius 2 is 1.94 bits per heavy atom. The molecule has 96 valence electrons. The second-order valence-electron chi connectivity index (χ2n) is 3.30. The van der Waals surface area contributed by atoms with Gasteiger partial charge in [-0.15, -0.1) is 0 Å². The van der Waals surface area contributed by atoms with Gasteiger partial charge in [-0.2, -0.15) is 18.2 Å². The first-order chi connectivity index (χ1) is 8.38. The number of alkyl halides is 3. The van der Waals surface area contributed by atoms with Gasteiger partial charge in [-0.05, 0) is 6.07 Å². The number of hydrogen-bond acceptors (Lipinski definition) is 6. The normalized spacial score (nSPS) is 12.1. The third-order valence-electron chi connectivity index (χ3n) is 1.98. The minimum Gasteiger partial charge on any atom is -0.364 e. The lowest BCUT2D eigenvalue weighted by Gasteiger charge is -2.03. The molecule has 0 unspecified atom stereocenters. The van der Waals surface area contributed by atoms with Crippen LogP contribution in [0.3, 0.4) is 0 Å². The van der Waals surface area contributed by atoms with Crippen molar-refractivity contribution in [1.29, 1.82) is 0 Å². The van der Waals surface area contributed by atoms with Crippen molar-refractivity contribution in [3.05, 3.63) is 29.9 Å². The molecule has 0 aliphatic carbocycles. The van der Waals surface area contributed by atoms with Gasteiger partial charge in [0.1, 0.15) is 0 Å². The van der Waals surface area contributed by atoms with E-state index in [0.29, 0.717) is 0 Å². The molecule has 2 aromatic heterocycles. The van der Waals surface area contributed by atoms with Crippen LogP contribution in [-0.2, 0) is 6.18 Å². The van der Waals surface area contributed by atoms with Crippen LogP contribution in [0.1, 0.15) is 17.7 Å². The number of aliphatic hydroxyl groups excluding tert-OH is 1. The summed E-state index contributed by atoms with van der Waals surface area (Å²) in [6.07, 6.45) is -4.19. The Balaban J connectivity index is 2.37. The van der Waals surface area contributed by atoms with Crippen LogP contribution in [0.2, 0.25) is 0 Å². The van der Waals surface area contributed by atoms with E-state index in [1.165, 1.54) is 12.3 Å². The van der Waals surface area contributed by atoms with E-state index in [-0.39, 0.29) is 17.0 Å². The third kappa shape index (κ3) is 2.46. The molecule has 0 bridgehead atoms. The number of hydrogen-bond donors (Lipinski definition) is 2. The van der Waals surface area contributed by atoms with E-state index in [4.69, 9.17) is 10.2 Å². The van der Waals surface area contributed by atoms with Crippen molar-refractivity contribution >= 4 is 0 Å². The van der Waals surface area contributed by atoms with Crippen LogP contribution < -0.4 is 0 Å². The molecular formula is C9H6F3N3O3. The van der Waals surface area contributed by atoms with E-state index in [9.17, 15) is 13.2 Å². The molecule has 2 rings (SSSR count). The zero-order chi connectivity index (χ0) is 13.3. The van der Waals surface area contributed by atoms with E-state index in [1.807, 2.05) is 0 Å². The summed E-state index contributed by atoms with van der Waals surface area (Å²) in [5.41, 5.74) is 0.0886. The first-order valence-electron chi connectivity index (χ1n) is 4.60. The van der Waals surface area contributed by atoms with Crippen LogP contribution in [0.4, 0.5) is 13.2 Å². The molecular weight excluding hydrogens is 255 g/mol. The zero-order valence-electron chi connectivity index (χ0n) is 8.59. The van der Waals surface area contributed by atoms with Gasteiger partial charge in [0.15, 0.2) is 6.29 Å². The van der Waals surface area contributed by atoms with Gasteiger partial charge < -0.3 is 14.7 Å². The van der Waals surface area contributed by atoms with E-state index in [0.717, 1.165) is 6.20 Å². The molecule has 9 heteroatoms. The Morgan fingerprint density at radius 3 is 2.50 bits per heavy atom. The van der Waals surface area contributed by atoms with Gasteiger partial charge in [0.05, 0.1) is 0 Å². The monoisotopic (exact) mass is 261 g/mol. The molecule has 0 spiro atoms.